The zero-order valence-electron chi connectivity index (χ0n) is 13.6. The number of hydrogen-bond acceptors (Lipinski definition) is 4. The van der Waals surface area contributed by atoms with Crippen molar-refractivity contribution in [1.82, 2.24) is 10.2 Å². The van der Waals surface area contributed by atoms with Crippen LogP contribution >= 0.6 is 12.4 Å². The van der Waals surface area contributed by atoms with Gasteiger partial charge in [0.05, 0.1) is 0 Å². The molecule has 1 atom stereocenters. The molecule has 0 aliphatic carbocycles. The minimum absolute atomic E-state index is 0. The fraction of sp³-hybridized carbons (Fsp3) is 0.933. The third kappa shape index (κ3) is 3.95. The maximum Gasteiger partial charge on any atom is 0.244 e. The molecule has 22 heavy (non-hydrogen) atoms. The van der Waals surface area contributed by atoms with Crippen LogP contribution in [0.4, 0.5) is 0 Å². The zero-order valence-corrected chi connectivity index (χ0v) is 15.3. The Balaban J connectivity index is 0.00000242. The van der Waals surface area contributed by atoms with Crippen LogP contribution in [0.2, 0.25) is 0 Å². The number of nitrogens with zero attached hydrogens (tertiary/aromatic N) is 1. The molecule has 7 heteroatoms. The van der Waals surface area contributed by atoms with E-state index in [9.17, 15) is 13.2 Å². The number of carbonyl (C=O) groups excluding carboxylic acids is 1. The summed E-state index contributed by atoms with van der Waals surface area (Å²) in [5.74, 6) is 0.522. The van der Waals surface area contributed by atoms with Gasteiger partial charge in [0.15, 0.2) is 14.6 Å². The van der Waals surface area contributed by atoms with Crippen molar-refractivity contribution in [3.63, 3.8) is 0 Å². The summed E-state index contributed by atoms with van der Waals surface area (Å²) in [6.45, 7) is 4.81. The van der Waals surface area contributed by atoms with E-state index in [4.69, 9.17) is 0 Å². The lowest BCUT2D eigenvalue weighted by molar-refractivity contribution is -0.134. The van der Waals surface area contributed by atoms with Crippen molar-refractivity contribution in [2.24, 2.45) is 5.92 Å². The van der Waals surface area contributed by atoms with E-state index < -0.39 is 14.6 Å². The lowest BCUT2D eigenvalue weighted by atomic mass is 9.95. The molecule has 130 valence electrons. The van der Waals surface area contributed by atoms with Crippen LogP contribution in [0.3, 0.4) is 0 Å². The van der Waals surface area contributed by atoms with Gasteiger partial charge in [-0.25, -0.2) is 8.42 Å². The van der Waals surface area contributed by atoms with E-state index in [0.717, 1.165) is 25.7 Å². The highest BCUT2D eigenvalue weighted by Gasteiger charge is 2.50. The molecule has 2 rings (SSSR count). The van der Waals surface area contributed by atoms with Crippen LogP contribution in [0.1, 0.15) is 45.4 Å². The molecule has 1 amide bonds. The van der Waals surface area contributed by atoms with Gasteiger partial charge in [-0.3, -0.25) is 4.79 Å². The number of amides is 1. The summed E-state index contributed by atoms with van der Waals surface area (Å²) in [4.78, 5) is 14.8. The fourth-order valence-corrected chi connectivity index (χ4v) is 5.03. The lowest BCUT2D eigenvalue weighted by Crippen LogP contribution is -2.58. The Bertz CT molecular complexity index is 475. The molecule has 0 aromatic heterocycles. The van der Waals surface area contributed by atoms with Crippen molar-refractivity contribution in [3.8, 4) is 0 Å². The summed E-state index contributed by atoms with van der Waals surface area (Å²) in [7, 11) is -3.40. The van der Waals surface area contributed by atoms with Crippen LogP contribution < -0.4 is 5.32 Å². The fourth-order valence-electron chi connectivity index (χ4n) is 3.64. The van der Waals surface area contributed by atoms with Crippen LogP contribution in [0.5, 0.6) is 0 Å². The Morgan fingerprint density at radius 1 is 1.23 bits per heavy atom. The number of nitrogens with one attached hydrogen (secondary N) is 1. The molecular formula is C15H29ClN2O3S. The number of hydrogen-bond donors (Lipinski definition) is 1. The van der Waals surface area contributed by atoms with Gasteiger partial charge in [0.25, 0.3) is 0 Å². The van der Waals surface area contributed by atoms with Crippen molar-refractivity contribution in [1.29, 1.82) is 0 Å². The quantitative estimate of drug-likeness (QED) is 0.838. The standard InChI is InChI=1S/C15H28N2O3S.ClH/c1-3-13-5-4-11-17(12-6-13)14(18)15(21(2,19)20)7-9-16-10-8-15;/h13,16H,3-12H2,1-2H3;1H. The van der Waals surface area contributed by atoms with Gasteiger partial charge in [-0.1, -0.05) is 13.3 Å². The summed E-state index contributed by atoms with van der Waals surface area (Å²) < 4.78 is 23.5. The van der Waals surface area contributed by atoms with Gasteiger partial charge in [0.1, 0.15) is 0 Å². The Labute approximate surface area is 140 Å². The monoisotopic (exact) mass is 352 g/mol. The van der Waals surface area contributed by atoms with Gasteiger partial charge in [0, 0.05) is 19.3 Å². The smallest absolute Gasteiger partial charge is 0.244 e. The van der Waals surface area contributed by atoms with E-state index in [1.807, 2.05) is 4.90 Å². The number of carbonyl (C=O) groups is 1. The molecule has 2 aliphatic heterocycles. The number of piperidine rings is 1. The van der Waals surface area contributed by atoms with Crippen LogP contribution in [0, 0.1) is 5.92 Å². The minimum Gasteiger partial charge on any atom is -0.341 e. The molecule has 0 aromatic rings. The largest absolute Gasteiger partial charge is 0.341 e. The molecule has 2 heterocycles. The molecule has 1 unspecified atom stereocenters. The topological polar surface area (TPSA) is 66.5 Å². The second kappa shape index (κ2) is 7.97. The SMILES string of the molecule is CCC1CCCN(C(=O)C2(S(C)(=O)=O)CCNCC2)CC1.Cl. The normalized spacial score (nSPS) is 25.9. The molecule has 0 bridgehead atoms. The number of rotatable bonds is 3. The lowest BCUT2D eigenvalue weighted by Gasteiger charge is -2.38. The highest BCUT2D eigenvalue weighted by molar-refractivity contribution is 7.92. The first-order valence-corrected chi connectivity index (χ1v) is 9.99. The second-order valence-electron chi connectivity index (χ2n) is 6.51. The predicted octanol–water partition coefficient (Wildman–Crippen LogP) is 1.61. The predicted molar refractivity (Wildman–Crippen MR) is 91.1 cm³/mol. The summed E-state index contributed by atoms with van der Waals surface area (Å²) in [6.07, 6.45) is 6.30. The van der Waals surface area contributed by atoms with Crippen molar-refractivity contribution >= 4 is 28.2 Å². The van der Waals surface area contributed by atoms with E-state index in [-0.39, 0.29) is 18.3 Å². The highest BCUT2D eigenvalue weighted by Crippen LogP contribution is 2.31. The minimum atomic E-state index is -3.40. The number of likely N-dealkylation sites (tertiary alicyclic amines) is 1. The van der Waals surface area contributed by atoms with Crippen molar-refractivity contribution < 1.29 is 13.2 Å². The molecule has 2 fully saturated rings. The van der Waals surface area contributed by atoms with Gasteiger partial charge >= 0.3 is 0 Å². The first-order chi connectivity index (χ1) is 9.90. The molecule has 0 radical (unpaired) electrons. The summed E-state index contributed by atoms with van der Waals surface area (Å²) in [5.41, 5.74) is 0. The zero-order chi connectivity index (χ0) is 15.5. The average Bonchev–Trinajstić information content (AvgIpc) is 2.71. The maximum atomic E-state index is 13.0. The number of sulfone groups is 1. The third-order valence-electron chi connectivity index (χ3n) is 5.22. The summed E-state index contributed by atoms with van der Waals surface area (Å²) in [6, 6.07) is 0. The van der Waals surface area contributed by atoms with E-state index in [1.54, 1.807) is 0 Å². The van der Waals surface area contributed by atoms with E-state index in [2.05, 4.69) is 12.2 Å². The van der Waals surface area contributed by atoms with Crippen molar-refractivity contribution in [3.05, 3.63) is 0 Å². The van der Waals surface area contributed by atoms with E-state index in [1.165, 1.54) is 6.26 Å². The molecule has 5 nitrogen and oxygen atoms in total. The molecular weight excluding hydrogens is 324 g/mol. The second-order valence-corrected chi connectivity index (χ2v) is 8.84. The Kier molecular flexibility index (Phi) is 7.15. The Hall–Kier alpha value is -0.330. The van der Waals surface area contributed by atoms with Gasteiger partial charge in [-0.2, -0.15) is 0 Å². The molecule has 0 aromatic carbocycles. The van der Waals surface area contributed by atoms with Crippen LogP contribution in [0.25, 0.3) is 0 Å². The Morgan fingerprint density at radius 3 is 2.41 bits per heavy atom. The third-order valence-corrected chi connectivity index (χ3v) is 7.23. The van der Waals surface area contributed by atoms with Gasteiger partial charge in [0.2, 0.25) is 5.91 Å². The van der Waals surface area contributed by atoms with Gasteiger partial charge < -0.3 is 10.2 Å². The first-order valence-electron chi connectivity index (χ1n) is 8.10. The summed E-state index contributed by atoms with van der Waals surface area (Å²) >= 11 is 0. The molecule has 2 aliphatic rings. The van der Waals surface area contributed by atoms with Gasteiger partial charge in [-0.05, 0) is 51.1 Å². The highest BCUT2D eigenvalue weighted by atomic mass is 35.5. The van der Waals surface area contributed by atoms with E-state index >= 15 is 0 Å². The molecule has 1 N–H and O–H groups in total. The van der Waals surface area contributed by atoms with Crippen molar-refractivity contribution in [2.75, 3.05) is 32.4 Å². The molecule has 2 saturated heterocycles. The summed E-state index contributed by atoms with van der Waals surface area (Å²) in [5, 5.41) is 3.16. The van der Waals surface area contributed by atoms with Crippen molar-refractivity contribution in [2.45, 2.75) is 50.2 Å². The first kappa shape index (κ1) is 19.7. The van der Waals surface area contributed by atoms with Gasteiger partial charge in [-0.15, -0.1) is 12.4 Å². The van der Waals surface area contributed by atoms with Crippen LogP contribution in [-0.2, 0) is 14.6 Å². The van der Waals surface area contributed by atoms with Crippen LogP contribution in [-0.4, -0.2) is 56.4 Å². The van der Waals surface area contributed by atoms with Crippen LogP contribution in [0.15, 0.2) is 0 Å². The number of halogens is 1. The molecule has 0 spiro atoms. The average molecular weight is 353 g/mol. The Morgan fingerprint density at radius 2 is 1.86 bits per heavy atom. The maximum absolute atomic E-state index is 13.0. The van der Waals surface area contributed by atoms with E-state index in [0.29, 0.717) is 44.9 Å². The molecule has 0 saturated carbocycles.